The first kappa shape index (κ1) is 20.4. The van der Waals surface area contributed by atoms with Gasteiger partial charge in [-0.2, -0.15) is 5.10 Å². The van der Waals surface area contributed by atoms with Crippen LogP contribution in [0, 0.1) is 6.92 Å². The summed E-state index contributed by atoms with van der Waals surface area (Å²) in [6, 6.07) is 17.6. The molecule has 0 N–H and O–H groups in total. The van der Waals surface area contributed by atoms with E-state index in [0.29, 0.717) is 17.3 Å². The van der Waals surface area contributed by atoms with Crippen molar-refractivity contribution in [3.8, 4) is 11.3 Å². The first-order chi connectivity index (χ1) is 14.5. The lowest BCUT2D eigenvalue weighted by Gasteiger charge is -2.21. The predicted octanol–water partition coefficient (Wildman–Crippen LogP) is 5.50. The molecule has 0 saturated heterocycles. The van der Waals surface area contributed by atoms with Crippen LogP contribution in [0.25, 0.3) is 16.8 Å². The molecule has 7 heteroatoms. The maximum Gasteiger partial charge on any atom is 0.237 e. The Labute approximate surface area is 184 Å². The topological polar surface area (TPSA) is 50.5 Å². The molecule has 0 atom stereocenters. The number of carbonyl (C=O) groups excluding carboxylic acids is 1. The van der Waals surface area contributed by atoms with E-state index < -0.39 is 0 Å². The van der Waals surface area contributed by atoms with Crippen molar-refractivity contribution in [2.75, 3.05) is 17.2 Å². The summed E-state index contributed by atoms with van der Waals surface area (Å²) in [4.78, 5) is 19.2. The van der Waals surface area contributed by atoms with Crippen molar-refractivity contribution in [2.45, 2.75) is 18.9 Å². The van der Waals surface area contributed by atoms with E-state index in [1.807, 2.05) is 74.6 Å². The molecule has 5 nitrogen and oxygen atoms in total. The van der Waals surface area contributed by atoms with Gasteiger partial charge in [-0.05, 0) is 49.7 Å². The average Bonchev–Trinajstić information content (AvgIpc) is 3.18. The van der Waals surface area contributed by atoms with Crippen molar-refractivity contribution in [2.24, 2.45) is 0 Å². The second kappa shape index (κ2) is 8.90. The Morgan fingerprint density at radius 2 is 1.97 bits per heavy atom. The Balaban J connectivity index is 1.55. The van der Waals surface area contributed by atoms with Crippen LogP contribution >= 0.6 is 23.4 Å². The standard InChI is InChI=1S/C23H21ClN4OS/c1-3-27(19-6-4-5-16(2)13-19)22(29)15-30-23-21-14-20(26-28(21)12-11-25-23)17-7-9-18(24)10-8-17/h4-14H,3,15H2,1-2H3. The van der Waals surface area contributed by atoms with Crippen molar-refractivity contribution in [3.63, 3.8) is 0 Å². The smallest absolute Gasteiger partial charge is 0.237 e. The summed E-state index contributed by atoms with van der Waals surface area (Å²) in [6.45, 7) is 4.63. The van der Waals surface area contributed by atoms with Crippen LogP contribution in [0.5, 0.6) is 0 Å². The fourth-order valence-corrected chi connectivity index (χ4v) is 4.26. The van der Waals surface area contributed by atoms with Crippen LogP contribution in [0.15, 0.2) is 72.0 Å². The van der Waals surface area contributed by atoms with Crippen LogP contribution in [0.2, 0.25) is 5.02 Å². The van der Waals surface area contributed by atoms with Crippen LogP contribution in [-0.2, 0) is 4.79 Å². The highest BCUT2D eigenvalue weighted by Gasteiger charge is 2.16. The highest BCUT2D eigenvalue weighted by atomic mass is 35.5. The molecule has 0 unspecified atom stereocenters. The zero-order valence-electron chi connectivity index (χ0n) is 16.7. The monoisotopic (exact) mass is 436 g/mol. The number of hydrogen-bond donors (Lipinski definition) is 0. The highest BCUT2D eigenvalue weighted by Crippen LogP contribution is 2.27. The van der Waals surface area contributed by atoms with Gasteiger partial charge in [0, 0.05) is 35.2 Å². The number of nitrogens with zero attached hydrogens (tertiary/aromatic N) is 4. The molecular weight excluding hydrogens is 416 g/mol. The van der Waals surface area contributed by atoms with Crippen LogP contribution < -0.4 is 4.90 Å². The molecule has 4 rings (SSSR count). The van der Waals surface area contributed by atoms with Gasteiger partial charge in [0.25, 0.3) is 0 Å². The van der Waals surface area contributed by atoms with Gasteiger partial charge in [0.2, 0.25) is 5.91 Å². The molecule has 0 aliphatic carbocycles. The Morgan fingerprint density at radius 3 is 2.70 bits per heavy atom. The minimum atomic E-state index is 0.0503. The van der Waals surface area contributed by atoms with Crippen molar-refractivity contribution in [1.29, 1.82) is 0 Å². The van der Waals surface area contributed by atoms with Crippen LogP contribution in [0.1, 0.15) is 12.5 Å². The highest BCUT2D eigenvalue weighted by molar-refractivity contribution is 8.00. The molecule has 0 spiro atoms. The number of carbonyl (C=O) groups is 1. The minimum Gasteiger partial charge on any atom is -0.312 e. The molecule has 0 fully saturated rings. The normalized spacial score (nSPS) is 11.0. The summed E-state index contributed by atoms with van der Waals surface area (Å²) in [5.41, 5.74) is 4.74. The summed E-state index contributed by atoms with van der Waals surface area (Å²) in [5, 5.41) is 6.10. The first-order valence-electron chi connectivity index (χ1n) is 9.65. The van der Waals surface area contributed by atoms with Gasteiger partial charge >= 0.3 is 0 Å². The number of benzene rings is 2. The molecule has 0 bridgehead atoms. The Bertz CT molecular complexity index is 1190. The quantitative estimate of drug-likeness (QED) is 0.374. The molecule has 2 aromatic carbocycles. The molecule has 0 radical (unpaired) electrons. The number of aromatic nitrogens is 3. The van der Waals surface area contributed by atoms with Crippen molar-refractivity contribution in [3.05, 3.63) is 77.6 Å². The number of thioether (sulfide) groups is 1. The molecule has 152 valence electrons. The number of aryl methyl sites for hydroxylation is 1. The second-order valence-corrected chi connectivity index (χ2v) is 8.26. The van der Waals surface area contributed by atoms with E-state index in [0.717, 1.165) is 33.1 Å². The maximum atomic E-state index is 12.9. The number of rotatable bonds is 6. The predicted molar refractivity (Wildman–Crippen MR) is 123 cm³/mol. The van der Waals surface area contributed by atoms with E-state index in [2.05, 4.69) is 10.1 Å². The number of anilines is 1. The van der Waals surface area contributed by atoms with Gasteiger partial charge in [0.05, 0.1) is 17.0 Å². The SMILES string of the molecule is CCN(C(=O)CSc1nccn2nc(-c3ccc(Cl)cc3)cc12)c1cccc(C)c1. The molecule has 2 aromatic heterocycles. The molecule has 0 aliphatic rings. The fraction of sp³-hybridized carbons (Fsp3) is 0.174. The Morgan fingerprint density at radius 1 is 1.17 bits per heavy atom. The summed E-state index contributed by atoms with van der Waals surface area (Å²) < 4.78 is 1.79. The lowest BCUT2D eigenvalue weighted by molar-refractivity contribution is -0.116. The third-order valence-electron chi connectivity index (χ3n) is 4.76. The molecule has 0 saturated carbocycles. The molecule has 2 heterocycles. The van der Waals surface area contributed by atoms with Gasteiger partial charge in [0.15, 0.2) is 0 Å². The lowest BCUT2D eigenvalue weighted by atomic mass is 10.1. The van der Waals surface area contributed by atoms with Gasteiger partial charge in [0.1, 0.15) is 5.03 Å². The fourth-order valence-electron chi connectivity index (χ4n) is 3.28. The van der Waals surface area contributed by atoms with E-state index in [4.69, 9.17) is 11.6 Å². The molecular formula is C23H21ClN4OS. The van der Waals surface area contributed by atoms with Crippen molar-refractivity contribution >= 4 is 40.5 Å². The van der Waals surface area contributed by atoms with Crippen LogP contribution in [0.4, 0.5) is 5.69 Å². The lowest BCUT2D eigenvalue weighted by Crippen LogP contribution is -2.32. The van der Waals surface area contributed by atoms with Gasteiger partial charge in [-0.3, -0.25) is 4.79 Å². The summed E-state index contributed by atoms with van der Waals surface area (Å²) in [6.07, 6.45) is 3.52. The number of fused-ring (bicyclic) bond motifs is 1. The van der Waals surface area contributed by atoms with Gasteiger partial charge < -0.3 is 4.90 Å². The van der Waals surface area contributed by atoms with E-state index >= 15 is 0 Å². The van der Waals surface area contributed by atoms with Crippen LogP contribution in [-0.4, -0.2) is 32.8 Å². The van der Waals surface area contributed by atoms with E-state index in [1.54, 1.807) is 15.6 Å². The third kappa shape index (κ3) is 4.35. The molecule has 30 heavy (non-hydrogen) atoms. The minimum absolute atomic E-state index is 0.0503. The largest absolute Gasteiger partial charge is 0.312 e. The van der Waals surface area contributed by atoms with E-state index in [9.17, 15) is 4.79 Å². The Hall–Kier alpha value is -2.83. The summed E-state index contributed by atoms with van der Waals surface area (Å²) >= 11 is 7.42. The van der Waals surface area contributed by atoms with Crippen molar-refractivity contribution < 1.29 is 4.79 Å². The number of halogens is 1. The van der Waals surface area contributed by atoms with Gasteiger partial charge in [-0.25, -0.2) is 9.50 Å². The number of hydrogen-bond acceptors (Lipinski definition) is 4. The maximum absolute atomic E-state index is 12.9. The van der Waals surface area contributed by atoms with Gasteiger partial charge in [-0.1, -0.05) is 47.6 Å². The first-order valence-corrected chi connectivity index (χ1v) is 11.0. The van der Waals surface area contributed by atoms with Crippen LogP contribution in [0.3, 0.4) is 0 Å². The zero-order valence-corrected chi connectivity index (χ0v) is 18.3. The van der Waals surface area contributed by atoms with E-state index in [-0.39, 0.29) is 5.91 Å². The molecule has 0 aliphatic heterocycles. The molecule has 1 amide bonds. The molecule has 4 aromatic rings. The summed E-state index contributed by atoms with van der Waals surface area (Å²) in [7, 11) is 0. The Kier molecular flexibility index (Phi) is 6.06. The summed E-state index contributed by atoms with van der Waals surface area (Å²) in [5.74, 6) is 0.352. The number of amides is 1. The second-order valence-electron chi connectivity index (χ2n) is 6.86. The van der Waals surface area contributed by atoms with E-state index in [1.165, 1.54) is 11.8 Å². The van der Waals surface area contributed by atoms with Gasteiger partial charge in [-0.15, -0.1) is 0 Å². The average molecular weight is 437 g/mol. The third-order valence-corrected chi connectivity index (χ3v) is 5.99. The zero-order chi connectivity index (χ0) is 21.1. The van der Waals surface area contributed by atoms with Crippen molar-refractivity contribution in [1.82, 2.24) is 14.6 Å².